The van der Waals surface area contributed by atoms with E-state index in [9.17, 15) is 4.79 Å². The number of hydrogen-bond acceptors (Lipinski definition) is 7. The number of amides is 1. The largest absolute Gasteiger partial charge is 0.353 e. The molecule has 9 heteroatoms. The number of para-hydroxylation sites is 2. The summed E-state index contributed by atoms with van der Waals surface area (Å²) >= 11 is 1.53. The van der Waals surface area contributed by atoms with E-state index >= 15 is 0 Å². The molecular formula is C24H27N7OS. The maximum Gasteiger partial charge on any atom is 0.242 e. The van der Waals surface area contributed by atoms with E-state index in [1.807, 2.05) is 52.1 Å². The quantitative estimate of drug-likeness (QED) is 0.451. The summed E-state index contributed by atoms with van der Waals surface area (Å²) in [6.45, 7) is 9.30. The van der Waals surface area contributed by atoms with Crippen molar-refractivity contribution in [2.24, 2.45) is 0 Å². The van der Waals surface area contributed by atoms with Crippen molar-refractivity contribution in [1.82, 2.24) is 29.4 Å². The van der Waals surface area contributed by atoms with Gasteiger partial charge in [0.2, 0.25) is 5.91 Å². The van der Waals surface area contributed by atoms with Crippen LogP contribution in [0.2, 0.25) is 0 Å². The summed E-state index contributed by atoms with van der Waals surface area (Å²) in [5.41, 5.74) is 5.39. The van der Waals surface area contributed by atoms with Crippen LogP contribution in [-0.4, -0.2) is 61.5 Å². The maximum absolute atomic E-state index is 13.3. The molecule has 0 saturated carbocycles. The molecule has 0 bridgehead atoms. The number of benzene rings is 1. The van der Waals surface area contributed by atoms with Crippen LogP contribution in [0.1, 0.15) is 31.3 Å². The number of fused-ring (bicyclic) bond motifs is 1. The molecule has 0 aliphatic carbocycles. The number of hydrogen-bond donors (Lipinski definition) is 0. The van der Waals surface area contributed by atoms with E-state index in [0.717, 1.165) is 53.0 Å². The number of rotatable bonds is 5. The van der Waals surface area contributed by atoms with Gasteiger partial charge in [0.15, 0.2) is 5.82 Å². The molecule has 1 amide bonds. The molecule has 1 aliphatic rings. The molecule has 4 aromatic rings. The lowest BCUT2D eigenvalue weighted by Gasteiger charge is -2.35. The number of thiazole rings is 1. The highest BCUT2D eigenvalue weighted by Crippen LogP contribution is 2.25. The zero-order valence-electron chi connectivity index (χ0n) is 19.1. The van der Waals surface area contributed by atoms with Crippen LogP contribution < -0.4 is 4.90 Å². The molecule has 3 aromatic heterocycles. The number of carbonyl (C=O) groups excluding carboxylic acids is 1. The summed E-state index contributed by atoms with van der Waals surface area (Å²) in [7, 11) is 0. The molecule has 0 radical (unpaired) electrons. The van der Waals surface area contributed by atoms with Gasteiger partial charge in [-0.1, -0.05) is 26.0 Å². The number of nitrogens with zero attached hydrogens (tertiary/aromatic N) is 7. The molecule has 5 rings (SSSR count). The van der Waals surface area contributed by atoms with Gasteiger partial charge in [0, 0.05) is 49.2 Å². The second kappa shape index (κ2) is 8.90. The summed E-state index contributed by atoms with van der Waals surface area (Å²) in [6.07, 6.45) is 0. The second-order valence-corrected chi connectivity index (χ2v) is 9.35. The summed E-state index contributed by atoms with van der Waals surface area (Å²) in [6, 6.07) is 9.95. The van der Waals surface area contributed by atoms with Crippen molar-refractivity contribution >= 4 is 34.1 Å². The molecule has 1 aromatic carbocycles. The summed E-state index contributed by atoms with van der Waals surface area (Å²) in [5.74, 6) is 2.93. The minimum Gasteiger partial charge on any atom is -0.353 e. The third-order valence-electron chi connectivity index (χ3n) is 5.94. The van der Waals surface area contributed by atoms with Crippen molar-refractivity contribution in [2.45, 2.75) is 33.2 Å². The van der Waals surface area contributed by atoms with E-state index < -0.39 is 0 Å². The van der Waals surface area contributed by atoms with E-state index in [1.54, 1.807) is 5.51 Å². The fourth-order valence-corrected chi connectivity index (χ4v) is 4.70. The number of anilines is 1. The maximum atomic E-state index is 13.3. The highest BCUT2D eigenvalue weighted by molar-refractivity contribution is 7.07. The Morgan fingerprint density at radius 3 is 2.61 bits per heavy atom. The van der Waals surface area contributed by atoms with Crippen molar-refractivity contribution in [3.63, 3.8) is 0 Å². The van der Waals surface area contributed by atoms with Crippen molar-refractivity contribution in [3.8, 4) is 11.5 Å². The molecule has 0 N–H and O–H groups in total. The number of aryl methyl sites for hydroxylation is 1. The molecule has 8 nitrogen and oxygen atoms in total. The van der Waals surface area contributed by atoms with Crippen molar-refractivity contribution in [2.75, 3.05) is 31.1 Å². The molecule has 4 heterocycles. The molecular weight excluding hydrogens is 434 g/mol. The predicted octanol–water partition coefficient (Wildman–Crippen LogP) is 3.73. The average molecular weight is 462 g/mol. The third-order valence-corrected chi connectivity index (χ3v) is 6.53. The first-order valence-corrected chi connectivity index (χ1v) is 12.2. The zero-order chi connectivity index (χ0) is 22.9. The molecule has 33 heavy (non-hydrogen) atoms. The minimum atomic E-state index is 0.0935. The van der Waals surface area contributed by atoms with Gasteiger partial charge in [-0.2, -0.15) is 0 Å². The Balaban J connectivity index is 1.32. The second-order valence-electron chi connectivity index (χ2n) is 8.63. The van der Waals surface area contributed by atoms with Gasteiger partial charge in [-0.3, -0.25) is 4.79 Å². The van der Waals surface area contributed by atoms with Crippen molar-refractivity contribution < 1.29 is 4.79 Å². The molecule has 0 spiro atoms. The Kier molecular flexibility index (Phi) is 5.80. The highest BCUT2D eigenvalue weighted by atomic mass is 32.1. The molecule has 170 valence electrons. The number of carbonyl (C=O) groups is 1. The standard InChI is InChI=1S/C24H27N7OS/c1-16(2)23-26-17(3)12-21(28-23)29-8-10-30(11-9-29)22(32)13-31-20-7-5-4-6-18(20)27-24(31)19-14-33-15-25-19/h4-7,12,14-16H,8-11,13H2,1-3H3. The van der Waals surface area contributed by atoms with E-state index in [1.165, 1.54) is 11.3 Å². The predicted molar refractivity (Wildman–Crippen MR) is 130 cm³/mol. The van der Waals surface area contributed by atoms with E-state index in [0.29, 0.717) is 13.1 Å². The van der Waals surface area contributed by atoms with Crippen LogP contribution in [-0.2, 0) is 11.3 Å². The molecule has 1 fully saturated rings. The lowest BCUT2D eigenvalue weighted by molar-refractivity contribution is -0.132. The van der Waals surface area contributed by atoms with Crippen LogP contribution in [0.25, 0.3) is 22.6 Å². The van der Waals surface area contributed by atoms with Gasteiger partial charge in [-0.05, 0) is 19.1 Å². The van der Waals surface area contributed by atoms with Crippen LogP contribution >= 0.6 is 11.3 Å². The van der Waals surface area contributed by atoms with Gasteiger partial charge in [-0.15, -0.1) is 11.3 Å². The minimum absolute atomic E-state index is 0.0935. The Hall–Kier alpha value is -3.33. The smallest absolute Gasteiger partial charge is 0.242 e. The van der Waals surface area contributed by atoms with Gasteiger partial charge < -0.3 is 14.4 Å². The van der Waals surface area contributed by atoms with Gasteiger partial charge in [0.1, 0.15) is 23.9 Å². The lowest BCUT2D eigenvalue weighted by atomic mass is 10.2. The van der Waals surface area contributed by atoms with Gasteiger partial charge in [0.25, 0.3) is 0 Å². The van der Waals surface area contributed by atoms with Crippen LogP contribution in [0.3, 0.4) is 0 Å². The fraction of sp³-hybridized carbons (Fsp3) is 0.375. The van der Waals surface area contributed by atoms with Crippen LogP contribution in [0.5, 0.6) is 0 Å². The Bertz CT molecular complexity index is 1270. The monoisotopic (exact) mass is 461 g/mol. The third kappa shape index (κ3) is 4.32. The van der Waals surface area contributed by atoms with Crippen LogP contribution in [0.15, 0.2) is 41.2 Å². The van der Waals surface area contributed by atoms with Crippen molar-refractivity contribution in [3.05, 3.63) is 52.7 Å². The Labute approximate surface area is 196 Å². The fourth-order valence-electron chi connectivity index (χ4n) is 4.17. The number of aromatic nitrogens is 5. The van der Waals surface area contributed by atoms with E-state index in [-0.39, 0.29) is 18.4 Å². The number of piperazine rings is 1. The normalized spacial score (nSPS) is 14.4. The number of imidazole rings is 1. The van der Waals surface area contributed by atoms with E-state index in [4.69, 9.17) is 9.97 Å². The Morgan fingerprint density at radius 1 is 1.09 bits per heavy atom. The van der Waals surface area contributed by atoms with Crippen molar-refractivity contribution in [1.29, 1.82) is 0 Å². The summed E-state index contributed by atoms with van der Waals surface area (Å²) in [5, 5.41) is 1.97. The highest BCUT2D eigenvalue weighted by Gasteiger charge is 2.25. The van der Waals surface area contributed by atoms with E-state index in [2.05, 4.69) is 28.7 Å². The average Bonchev–Trinajstić information content (AvgIpc) is 3.47. The summed E-state index contributed by atoms with van der Waals surface area (Å²) in [4.78, 5) is 36.0. The molecule has 1 aliphatic heterocycles. The Morgan fingerprint density at radius 2 is 1.88 bits per heavy atom. The first kappa shape index (κ1) is 21.5. The van der Waals surface area contributed by atoms with Gasteiger partial charge in [-0.25, -0.2) is 19.9 Å². The molecule has 1 saturated heterocycles. The van der Waals surface area contributed by atoms with Gasteiger partial charge >= 0.3 is 0 Å². The molecule has 0 atom stereocenters. The SMILES string of the molecule is Cc1cc(N2CCN(C(=O)Cn3c(-c4cscn4)nc4ccccc43)CC2)nc(C(C)C)n1. The van der Waals surface area contributed by atoms with Gasteiger partial charge in [0.05, 0.1) is 16.5 Å². The lowest BCUT2D eigenvalue weighted by Crippen LogP contribution is -2.50. The first-order valence-electron chi connectivity index (χ1n) is 11.2. The van der Waals surface area contributed by atoms with Crippen LogP contribution in [0, 0.1) is 6.92 Å². The summed E-state index contributed by atoms with van der Waals surface area (Å²) < 4.78 is 1.99. The topological polar surface area (TPSA) is 80.0 Å². The first-order chi connectivity index (χ1) is 16.0. The zero-order valence-corrected chi connectivity index (χ0v) is 19.9. The van der Waals surface area contributed by atoms with Crippen LogP contribution in [0.4, 0.5) is 5.82 Å². The molecule has 0 unspecified atom stereocenters.